The van der Waals surface area contributed by atoms with Crippen molar-refractivity contribution in [1.29, 1.82) is 0 Å². The SMILES string of the molecule is CCC1CCCC(C(N)c2snnc2C(C)(C)C)C1. The van der Waals surface area contributed by atoms with Gasteiger partial charge in [0, 0.05) is 11.5 Å². The van der Waals surface area contributed by atoms with Gasteiger partial charge in [0.05, 0.1) is 10.6 Å². The van der Waals surface area contributed by atoms with Crippen LogP contribution >= 0.6 is 11.5 Å². The Morgan fingerprint density at radius 2 is 2.11 bits per heavy atom. The average Bonchev–Trinajstić information content (AvgIpc) is 2.87. The van der Waals surface area contributed by atoms with Crippen molar-refractivity contribution in [3.8, 4) is 0 Å². The van der Waals surface area contributed by atoms with Crippen LogP contribution in [0.15, 0.2) is 0 Å². The highest BCUT2D eigenvalue weighted by atomic mass is 32.1. The fourth-order valence-corrected chi connectivity index (χ4v) is 4.14. The number of aromatic nitrogens is 2. The summed E-state index contributed by atoms with van der Waals surface area (Å²) in [5.74, 6) is 1.48. The third-order valence-electron chi connectivity index (χ3n) is 4.44. The van der Waals surface area contributed by atoms with E-state index in [4.69, 9.17) is 5.73 Å². The first-order valence-electron chi connectivity index (χ1n) is 7.51. The Balaban J connectivity index is 2.15. The molecule has 108 valence electrons. The van der Waals surface area contributed by atoms with Crippen LogP contribution in [-0.2, 0) is 5.41 Å². The molecule has 0 aliphatic heterocycles. The van der Waals surface area contributed by atoms with Crippen LogP contribution in [0.4, 0.5) is 0 Å². The van der Waals surface area contributed by atoms with Crippen molar-refractivity contribution in [3.63, 3.8) is 0 Å². The highest BCUT2D eigenvalue weighted by molar-refractivity contribution is 7.05. The van der Waals surface area contributed by atoms with E-state index in [9.17, 15) is 0 Å². The third kappa shape index (κ3) is 3.34. The highest BCUT2D eigenvalue weighted by Gasteiger charge is 2.32. The van der Waals surface area contributed by atoms with Gasteiger partial charge < -0.3 is 5.73 Å². The molecule has 4 heteroatoms. The first-order valence-corrected chi connectivity index (χ1v) is 8.29. The molecule has 2 N–H and O–H groups in total. The molecule has 0 saturated heterocycles. The zero-order valence-electron chi connectivity index (χ0n) is 12.6. The van der Waals surface area contributed by atoms with Crippen molar-refractivity contribution in [2.24, 2.45) is 17.6 Å². The van der Waals surface area contributed by atoms with Gasteiger partial charge in [0.2, 0.25) is 0 Å². The second kappa shape index (κ2) is 5.88. The molecule has 3 atom stereocenters. The summed E-state index contributed by atoms with van der Waals surface area (Å²) >= 11 is 1.50. The maximum Gasteiger partial charge on any atom is 0.0857 e. The van der Waals surface area contributed by atoms with E-state index in [0.29, 0.717) is 5.92 Å². The van der Waals surface area contributed by atoms with Gasteiger partial charge in [0.25, 0.3) is 0 Å². The molecule has 0 amide bonds. The van der Waals surface area contributed by atoms with Gasteiger partial charge in [-0.05, 0) is 36.2 Å². The van der Waals surface area contributed by atoms with Crippen LogP contribution in [0.3, 0.4) is 0 Å². The summed E-state index contributed by atoms with van der Waals surface area (Å²) in [6.45, 7) is 8.87. The van der Waals surface area contributed by atoms with Gasteiger partial charge in [0.15, 0.2) is 0 Å². The lowest BCUT2D eigenvalue weighted by atomic mass is 9.75. The van der Waals surface area contributed by atoms with Crippen molar-refractivity contribution in [2.45, 2.75) is 71.3 Å². The number of nitrogens with zero attached hydrogens (tertiary/aromatic N) is 2. The van der Waals surface area contributed by atoms with E-state index in [1.165, 1.54) is 48.5 Å². The normalized spacial score (nSPS) is 26.4. The molecule has 19 heavy (non-hydrogen) atoms. The molecule has 1 aromatic rings. The van der Waals surface area contributed by atoms with Crippen LogP contribution in [0.1, 0.15) is 76.4 Å². The Hall–Kier alpha value is -0.480. The van der Waals surface area contributed by atoms with E-state index in [1.807, 2.05) is 0 Å². The maximum atomic E-state index is 6.56. The third-order valence-corrected chi connectivity index (χ3v) is 5.26. The molecular weight excluding hydrogens is 254 g/mol. The van der Waals surface area contributed by atoms with Gasteiger partial charge in [-0.2, -0.15) is 0 Å². The van der Waals surface area contributed by atoms with Gasteiger partial charge in [-0.3, -0.25) is 0 Å². The Bertz CT molecular complexity index is 408. The summed E-state index contributed by atoms with van der Waals surface area (Å²) in [4.78, 5) is 1.22. The van der Waals surface area contributed by atoms with Crippen molar-refractivity contribution in [3.05, 3.63) is 10.6 Å². The Labute approximate surface area is 121 Å². The summed E-state index contributed by atoms with van der Waals surface area (Å²) in [5.41, 5.74) is 7.70. The van der Waals surface area contributed by atoms with E-state index < -0.39 is 0 Å². The zero-order chi connectivity index (χ0) is 14.0. The van der Waals surface area contributed by atoms with Gasteiger partial charge in [-0.15, -0.1) is 5.10 Å². The average molecular weight is 281 g/mol. The summed E-state index contributed by atoms with van der Waals surface area (Å²) in [6, 6.07) is 0.128. The predicted molar refractivity (Wildman–Crippen MR) is 81.3 cm³/mol. The molecule has 0 spiro atoms. The lowest BCUT2D eigenvalue weighted by Gasteiger charge is -2.32. The predicted octanol–water partition coefficient (Wildman–Crippen LogP) is 4.05. The van der Waals surface area contributed by atoms with Gasteiger partial charge >= 0.3 is 0 Å². The monoisotopic (exact) mass is 281 g/mol. The molecule has 3 nitrogen and oxygen atoms in total. The minimum atomic E-state index is 0.0405. The molecule has 0 radical (unpaired) electrons. The minimum Gasteiger partial charge on any atom is -0.323 e. The molecule has 1 fully saturated rings. The van der Waals surface area contributed by atoms with Gasteiger partial charge in [0.1, 0.15) is 0 Å². The van der Waals surface area contributed by atoms with Crippen LogP contribution < -0.4 is 5.73 Å². The first-order chi connectivity index (χ1) is 8.93. The fourth-order valence-electron chi connectivity index (χ4n) is 3.18. The van der Waals surface area contributed by atoms with E-state index in [0.717, 1.165) is 11.6 Å². The highest BCUT2D eigenvalue weighted by Crippen LogP contribution is 2.40. The van der Waals surface area contributed by atoms with Crippen molar-refractivity contribution >= 4 is 11.5 Å². The number of nitrogens with two attached hydrogens (primary N) is 1. The topological polar surface area (TPSA) is 51.8 Å². The van der Waals surface area contributed by atoms with Crippen molar-refractivity contribution in [2.75, 3.05) is 0 Å². The molecule has 1 aliphatic rings. The lowest BCUT2D eigenvalue weighted by molar-refractivity contribution is 0.230. The summed E-state index contributed by atoms with van der Waals surface area (Å²) in [5, 5.41) is 4.33. The van der Waals surface area contributed by atoms with E-state index in [1.54, 1.807) is 0 Å². The molecule has 1 saturated carbocycles. The molecule has 1 aliphatic carbocycles. The van der Waals surface area contributed by atoms with Crippen LogP contribution in [0.5, 0.6) is 0 Å². The van der Waals surface area contributed by atoms with Crippen LogP contribution in [0.2, 0.25) is 0 Å². The maximum absolute atomic E-state index is 6.56. The van der Waals surface area contributed by atoms with Crippen molar-refractivity contribution in [1.82, 2.24) is 9.59 Å². The largest absolute Gasteiger partial charge is 0.323 e. The minimum absolute atomic E-state index is 0.0405. The molecule has 2 rings (SSSR count). The van der Waals surface area contributed by atoms with E-state index >= 15 is 0 Å². The van der Waals surface area contributed by atoms with Gasteiger partial charge in [-0.25, -0.2) is 0 Å². The van der Waals surface area contributed by atoms with Crippen molar-refractivity contribution < 1.29 is 0 Å². The molecule has 1 heterocycles. The Morgan fingerprint density at radius 3 is 2.74 bits per heavy atom. The van der Waals surface area contributed by atoms with Crippen LogP contribution in [-0.4, -0.2) is 9.59 Å². The van der Waals surface area contributed by atoms with E-state index in [-0.39, 0.29) is 11.5 Å². The quantitative estimate of drug-likeness (QED) is 0.909. The lowest BCUT2D eigenvalue weighted by Crippen LogP contribution is -2.28. The molecular formula is C15H27N3S. The van der Waals surface area contributed by atoms with E-state index in [2.05, 4.69) is 37.3 Å². The second-order valence-electron chi connectivity index (χ2n) is 6.96. The number of hydrogen-bond donors (Lipinski definition) is 1. The second-order valence-corrected chi connectivity index (χ2v) is 7.75. The Kier molecular flexibility index (Phi) is 4.62. The summed E-state index contributed by atoms with van der Waals surface area (Å²) in [7, 11) is 0. The summed E-state index contributed by atoms with van der Waals surface area (Å²) in [6.07, 6.45) is 6.54. The van der Waals surface area contributed by atoms with Crippen LogP contribution in [0.25, 0.3) is 0 Å². The number of rotatable bonds is 3. The zero-order valence-corrected chi connectivity index (χ0v) is 13.5. The number of hydrogen-bond acceptors (Lipinski definition) is 4. The summed E-state index contributed by atoms with van der Waals surface area (Å²) < 4.78 is 4.16. The van der Waals surface area contributed by atoms with Crippen LogP contribution in [0, 0.1) is 11.8 Å². The fraction of sp³-hybridized carbons (Fsp3) is 0.867. The standard InChI is InChI=1S/C15H27N3S/c1-5-10-7-6-8-11(9-10)12(16)13-14(15(2,3)4)17-18-19-13/h10-12H,5-9,16H2,1-4H3. The smallest absolute Gasteiger partial charge is 0.0857 e. The van der Waals surface area contributed by atoms with Gasteiger partial charge in [-0.1, -0.05) is 51.4 Å². The first kappa shape index (κ1) is 14.9. The molecule has 1 aromatic heterocycles. The molecule has 3 unspecified atom stereocenters. The molecule has 0 aromatic carbocycles. The Morgan fingerprint density at radius 1 is 1.37 bits per heavy atom. The molecule has 0 bridgehead atoms.